The van der Waals surface area contributed by atoms with E-state index in [9.17, 15) is 9.59 Å². The van der Waals surface area contributed by atoms with Gasteiger partial charge in [0.1, 0.15) is 0 Å². The molecular weight excluding hydrogens is 248 g/mol. The summed E-state index contributed by atoms with van der Waals surface area (Å²) in [7, 11) is 0. The Labute approximate surface area is 108 Å². The van der Waals surface area contributed by atoms with E-state index in [1.165, 1.54) is 16.2 Å². The highest BCUT2D eigenvalue weighted by Gasteiger charge is 2.35. The first-order valence-electron chi connectivity index (χ1n) is 5.45. The van der Waals surface area contributed by atoms with E-state index in [0.29, 0.717) is 23.4 Å². The van der Waals surface area contributed by atoms with Crippen molar-refractivity contribution < 1.29 is 9.59 Å². The van der Waals surface area contributed by atoms with Gasteiger partial charge >= 0.3 is 0 Å². The third-order valence-corrected chi connectivity index (χ3v) is 3.75. The Kier molecular flexibility index (Phi) is 2.41. The number of thiophene rings is 1. The summed E-state index contributed by atoms with van der Waals surface area (Å²) in [4.78, 5) is 26.5. The van der Waals surface area contributed by atoms with Gasteiger partial charge in [-0.2, -0.15) is 0 Å². The SMILES string of the molecule is Nc1ccc2c(c1)C(=O)N(Cc1cccs1)C2=O. The summed E-state index contributed by atoms with van der Waals surface area (Å²) in [5, 5.41) is 1.92. The van der Waals surface area contributed by atoms with Crippen LogP contribution in [0.3, 0.4) is 0 Å². The number of nitrogens with two attached hydrogens (primary N) is 1. The second-order valence-electron chi connectivity index (χ2n) is 4.08. The lowest BCUT2D eigenvalue weighted by atomic mass is 10.1. The largest absolute Gasteiger partial charge is 0.399 e. The Morgan fingerprint density at radius 1 is 1.11 bits per heavy atom. The molecule has 2 heterocycles. The van der Waals surface area contributed by atoms with E-state index in [1.54, 1.807) is 18.2 Å². The molecule has 1 aromatic carbocycles. The highest BCUT2D eigenvalue weighted by Crippen LogP contribution is 2.27. The fourth-order valence-corrected chi connectivity index (χ4v) is 2.70. The third kappa shape index (κ3) is 1.60. The van der Waals surface area contributed by atoms with Crippen LogP contribution in [0.15, 0.2) is 35.7 Å². The van der Waals surface area contributed by atoms with Crippen LogP contribution in [0.2, 0.25) is 0 Å². The van der Waals surface area contributed by atoms with Crippen molar-refractivity contribution in [1.82, 2.24) is 4.90 Å². The summed E-state index contributed by atoms with van der Waals surface area (Å²) >= 11 is 1.52. The molecule has 3 rings (SSSR count). The molecule has 1 aliphatic rings. The fourth-order valence-electron chi connectivity index (χ4n) is 2.01. The fraction of sp³-hybridized carbons (Fsp3) is 0.0769. The molecule has 5 heteroatoms. The standard InChI is InChI=1S/C13H10N2O2S/c14-8-3-4-10-11(6-8)13(17)15(12(10)16)7-9-2-1-5-18-9/h1-6H,7,14H2. The molecule has 0 radical (unpaired) electrons. The van der Waals surface area contributed by atoms with Gasteiger partial charge in [-0.25, -0.2) is 0 Å². The van der Waals surface area contributed by atoms with Gasteiger partial charge in [0.2, 0.25) is 0 Å². The van der Waals surface area contributed by atoms with Crippen molar-refractivity contribution in [3.63, 3.8) is 0 Å². The normalized spacial score (nSPS) is 14.1. The lowest BCUT2D eigenvalue weighted by Crippen LogP contribution is -2.28. The number of nitrogen functional groups attached to an aromatic ring is 1. The zero-order valence-electron chi connectivity index (χ0n) is 9.42. The molecule has 18 heavy (non-hydrogen) atoms. The lowest BCUT2D eigenvalue weighted by molar-refractivity contribution is 0.0644. The Balaban J connectivity index is 1.97. The van der Waals surface area contributed by atoms with Crippen LogP contribution >= 0.6 is 11.3 Å². The maximum atomic E-state index is 12.1. The first-order chi connectivity index (χ1) is 8.66. The second kappa shape index (κ2) is 3.96. The molecule has 1 aliphatic heterocycles. The summed E-state index contributed by atoms with van der Waals surface area (Å²) in [6.07, 6.45) is 0. The average Bonchev–Trinajstić information content (AvgIpc) is 2.93. The number of carbonyl (C=O) groups excluding carboxylic acids is 2. The summed E-state index contributed by atoms with van der Waals surface area (Å²) in [6, 6.07) is 8.61. The minimum absolute atomic E-state index is 0.247. The monoisotopic (exact) mass is 258 g/mol. The first-order valence-corrected chi connectivity index (χ1v) is 6.33. The molecule has 0 bridgehead atoms. The number of anilines is 1. The molecule has 90 valence electrons. The molecule has 0 spiro atoms. The van der Waals surface area contributed by atoms with Crippen LogP contribution in [0.4, 0.5) is 5.69 Å². The van der Waals surface area contributed by atoms with Crippen LogP contribution in [0.5, 0.6) is 0 Å². The highest BCUT2D eigenvalue weighted by atomic mass is 32.1. The van der Waals surface area contributed by atoms with Crippen LogP contribution in [0.1, 0.15) is 25.6 Å². The Morgan fingerprint density at radius 3 is 2.61 bits per heavy atom. The van der Waals surface area contributed by atoms with Crippen molar-refractivity contribution in [2.75, 3.05) is 5.73 Å². The van der Waals surface area contributed by atoms with Gasteiger partial charge in [0.15, 0.2) is 0 Å². The van der Waals surface area contributed by atoms with Crippen molar-refractivity contribution >= 4 is 28.8 Å². The van der Waals surface area contributed by atoms with E-state index >= 15 is 0 Å². The molecular formula is C13H10N2O2S. The third-order valence-electron chi connectivity index (χ3n) is 2.89. The van der Waals surface area contributed by atoms with Crippen LogP contribution < -0.4 is 5.73 Å². The molecule has 4 nitrogen and oxygen atoms in total. The summed E-state index contributed by atoms with van der Waals surface area (Å²) in [6.45, 7) is 0.323. The van der Waals surface area contributed by atoms with E-state index in [4.69, 9.17) is 5.73 Å². The number of hydrogen-bond acceptors (Lipinski definition) is 4. The van der Waals surface area contributed by atoms with Crippen molar-refractivity contribution in [3.8, 4) is 0 Å². The Morgan fingerprint density at radius 2 is 1.89 bits per heavy atom. The zero-order chi connectivity index (χ0) is 12.7. The second-order valence-corrected chi connectivity index (χ2v) is 5.11. The smallest absolute Gasteiger partial charge is 0.261 e. The van der Waals surface area contributed by atoms with Crippen LogP contribution in [0.25, 0.3) is 0 Å². The molecule has 2 aromatic rings. The van der Waals surface area contributed by atoms with Gasteiger partial charge in [-0.15, -0.1) is 11.3 Å². The van der Waals surface area contributed by atoms with E-state index in [2.05, 4.69) is 0 Å². The highest BCUT2D eigenvalue weighted by molar-refractivity contribution is 7.09. The number of fused-ring (bicyclic) bond motifs is 1. The number of imide groups is 1. The van der Waals surface area contributed by atoms with Crippen molar-refractivity contribution in [3.05, 3.63) is 51.7 Å². The molecule has 0 atom stereocenters. The van der Waals surface area contributed by atoms with E-state index < -0.39 is 0 Å². The maximum absolute atomic E-state index is 12.1. The minimum Gasteiger partial charge on any atom is -0.399 e. The zero-order valence-corrected chi connectivity index (χ0v) is 10.2. The average molecular weight is 258 g/mol. The number of benzene rings is 1. The number of carbonyl (C=O) groups is 2. The van der Waals surface area contributed by atoms with Gasteiger partial charge in [0.05, 0.1) is 17.7 Å². The van der Waals surface area contributed by atoms with E-state index in [0.717, 1.165) is 4.88 Å². The molecule has 2 amide bonds. The molecule has 1 aromatic heterocycles. The van der Waals surface area contributed by atoms with Gasteiger partial charge in [0, 0.05) is 10.6 Å². The van der Waals surface area contributed by atoms with Crippen LogP contribution in [-0.4, -0.2) is 16.7 Å². The van der Waals surface area contributed by atoms with E-state index in [-0.39, 0.29) is 11.8 Å². The molecule has 0 aliphatic carbocycles. The number of amides is 2. The predicted molar refractivity (Wildman–Crippen MR) is 69.4 cm³/mol. The van der Waals surface area contributed by atoms with Gasteiger partial charge in [-0.1, -0.05) is 6.07 Å². The molecule has 0 saturated heterocycles. The number of rotatable bonds is 2. The van der Waals surface area contributed by atoms with Crippen LogP contribution in [0, 0.1) is 0 Å². The Hall–Kier alpha value is -2.14. The first kappa shape index (κ1) is 11.0. The topological polar surface area (TPSA) is 63.4 Å². The van der Waals surface area contributed by atoms with Gasteiger partial charge in [0.25, 0.3) is 11.8 Å². The van der Waals surface area contributed by atoms with Gasteiger partial charge in [-0.3, -0.25) is 14.5 Å². The maximum Gasteiger partial charge on any atom is 0.261 e. The van der Waals surface area contributed by atoms with Crippen molar-refractivity contribution in [2.45, 2.75) is 6.54 Å². The quantitative estimate of drug-likeness (QED) is 0.663. The van der Waals surface area contributed by atoms with Crippen molar-refractivity contribution in [1.29, 1.82) is 0 Å². The summed E-state index contributed by atoms with van der Waals surface area (Å²) < 4.78 is 0. The van der Waals surface area contributed by atoms with Gasteiger partial charge in [-0.05, 0) is 29.6 Å². The summed E-state index contributed by atoms with van der Waals surface area (Å²) in [5.41, 5.74) is 6.97. The lowest BCUT2D eigenvalue weighted by Gasteiger charge is -2.11. The van der Waals surface area contributed by atoms with Gasteiger partial charge < -0.3 is 5.73 Å². The number of nitrogens with zero attached hydrogens (tertiary/aromatic N) is 1. The molecule has 0 saturated carbocycles. The van der Waals surface area contributed by atoms with Crippen LogP contribution in [-0.2, 0) is 6.54 Å². The predicted octanol–water partition coefficient (Wildman–Crippen LogP) is 2.13. The minimum atomic E-state index is -0.268. The molecule has 2 N–H and O–H groups in total. The van der Waals surface area contributed by atoms with Crippen molar-refractivity contribution in [2.24, 2.45) is 0 Å². The molecule has 0 fully saturated rings. The van der Waals surface area contributed by atoms with E-state index in [1.807, 2.05) is 17.5 Å². The Bertz CT molecular complexity index is 634. The number of hydrogen-bond donors (Lipinski definition) is 1. The summed E-state index contributed by atoms with van der Waals surface area (Å²) in [5.74, 6) is -0.515. The molecule has 0 unspecified atom stereocenters.